The lowest BCUT2D eigenvalue weighted by molar-refractivity contribution is 0.0860. The van der Waals surface area contributed by atoms with Crippen LogP contribution in [-0.4, -0.2) is 25.1 Å². The average molecular weight is 276 g/mol. The van der Waals surface area contributed by atoms with E-state index in [-0.39, 0.29) is 11.4 Å². The van der Waals surface area contributed by atoms with Crippen molar-refractivity contribution in [3.05, 3.63) is 29.8 Å². The van der Waals surface area contributed by atoms with Crippen molar-refractivity contribution in [2.75, 3.05) is 13.7 Å². The van der Waals surface area contributed by atoms with Gasteiger partial charge in [-0.2, -0.15) is 0 Å². The molecule has 0 aliphatic heterocycles. The first-order chi connectivity index (χ1) is 9.58. The number of nitrogens with one attached hydrogen (secondary N) is 1. The molecule has 0 unspecified atom stereocenters. The Bertz CT molecular complexity index is 448. The van der Waals surface area contributed by atoms with E-state index in [1.54, 1.807) is 31.4 Å². The monoisotopic (exact) mass is 276 g/mol. The van der Waals surface area contributed by atoms with Gasteiger partial charge in [0.05, 0.1) is 12.6 Å². The van der Waals surface area contributed by atoms with Crippen LogP contribution in [0.15, 0.2) is 24.3 Å². The number of hydrogen-bond donors (Lipinski definition) is 2. The Morgan fingerprint density at radius 3 is 2.45 bits per heavy atom. The maximum Gasteiger partial charge on any atom is 0.251 e. The largest absolute Gasteiger partial charge is 0.497 e. The van der Waals surface area contributed by atoms with Crippen LogP contribution in [0, 0.1) is 5.92 Å². The summed E-state index contributed by atoms with van der Waals surface area (Å²) >= 11 is 0. The number of ether oxygens (including phenoxy) is 1. The summed E-state index contributed by atoms with van der Waals surface area (Å²) in [5, 5.41) is 3.15. The highest BCUT2D eigenvalue weighted by Crippen LogP contribution is 2.31. The van der Waals surface area contributed by atoms with Crippen LogP contribution in [-0.2, 0) is 0 Å². The van der Waals surface area contributed by atoms with E-state index in [4.69, 9.17) is 10.5 Å². The third-order valence-corrected chi connectivity index (χ3v) is 4.35. The van der Waals surface area contributed by atoms with Crippen LogP contribution in [0.2, 0.25) is 0 Å². The summed E-state index contributed by atoms with van der Waals surface area (Å²) in [5.41, 5.74) is 6.34. The van der Waals surface area contributed by atoms with Crippen molar-refractivity contribution in [3.63, 3.8) is 0 Å². The molecule has 2 rings (SSSR count). The molecule has 1 fully saturated rings. The van der Waals surface area contributed by atoms with Gasteiger partial charge in [0.2, 0.25) is 0 Å². The molecule has 1 saturated carbocycles. The molecular formula is C16H24N2O2. The SMILES string of the molecule is COc1ccc(C(=O)NC2(CN)CCC(C)CC2)cc1. The van der Waals surface area contributed by atoms with Crippen molar-refractivity contribution in [3.8, 4) is 5.75 Å². The lowest BCUT2D eigenvalue weighted by Gasteiger charge is -2.39. The predicted molar refractivity (Wildman–Crippen MR) is 79.9 cm³/mol. The van der Waals surface area contributed by atoms with Crippen molar-refractivity contribution < 1.29 is 9.53 Å². The van der Waals surface area contributed by atoms with E-state index in [1.807, 2.05) is 0 Å². The first-order valence-electron chi connectivity index (χ1n) is 7.25. The number of benzene rings is 1. The summed E-state index contributed by atoms with van der Waals surface area (Å²) in [6, 6.07) is 7.16. The van der Waals surface area contributed by atoms with Gasteiger partial charge in [0, 0.05) is 12.1 Å². The zero-order chi connectivity index (χ0) is 14.6. The fourth-order valence-corrected chi connectivity index (χ4v) is 2.75. The number of carbonyl (C=O) groups is 1. The maximum absolute atomic E-state index is 12.4. The molecule has 1 aromatic carbocycles. The molecule has 0 aromatic heterocycles. The van der Waals surface area contributed by atoms with Crippen LogP contribution in [0.3, 0.4) is 0 Å². The second-order valence-corrected chi connectivity index (χ2v) is 5.85. The van der Waals surface area contributed by atoms with Crippen LogP contribution >= 0.6 is 0 Å². The first-order valence-corrected chi connectivity index (χ1v) is 7.25. The molecule has 0 radical (unpaired) electrons. The highest BCUT2D eigenvalue weighted by Gasteiger charge is 2.34. The van der Waals surface area contributed by atoms with Gasteiger partial charge in [-0.1, -0.05) is 6.92 Å². The second-order valence-electron chi connectivity index (χ2n) is 5.85. The number of carbonyl (C=O) groups excluding carboxylic acids is 1. The van der Waals surface area contributed by atoms with Gasteiger partial charge in [-0.15, -0.1) is 0 Å². The number of nitrogens with two attached hydrogens (primary N) is 1. The van der Waals surface area contributed by atoms with Crippen molar-refractivity contribution in [2.45, 2.75) is 38.1 Å². The van der Waals surface area contributed by atoms with E-state index in [2.05, 4.69) is 12.2 Å². The number of methoxy groups -OCH3 is 1. The molecule has 1 aromatic rings. The second kappa shape index (κ2) is 6.27. The molecule has 110 valence electrons. The molecule has 0 atom stereocenters. The third-order valence-electron chi connectivity index (χ3n) is 4.35. The topological polar surface area (TPSA) is 64.3 Å². The quantitative estimate of drug-likeness (QED) is 0.887. The van der Waals surface area contributed by atoms with E-state index in [0.717, 1.165) is 37.4 Å². The molecule has 0 spiro atoms. The molecule has 1 aliphatic carbocycles. The smallest absolute Gasteiger partial charge is 0.251 e. The molecular weight excluding hydrogens is 252 g/mol. The summed E-state index contributed by atoms with van der Waals surface area (Å²) in [6.07, 6.45) is 4.18. The lowest BCUT2D eigenvalue weighted by Crippen LogP contribution is -2.55. The minimum atomic E-state index is -0.233. The van der Waals surface area contributed by atoms with E-state index >= 15 is 0 Å². The van der Waals surface area contributed by atoms with Crippen LogP contribution in [0.5, 0.6) is 5.75 Å². The van der Waals surface area contributed by atoms with Crippen molar-refractivity contribution in [1.82, 2.24) is 5.32 Å². The standard InChI is InChI=1S/C16H24N2O2/c1-12-7-9-16(11-17,10-8-12)18-15(19)13-3-5-14(20-2)6-4-13/h3-6,12H,7-11,17H2,1-2H3,(H,18,19). The lowest BCUT2D eigenvalue weighted by atomic mass is 9.77. The van der Waals surface area contributed by atoms with Gasteiger partial charge in [0.25, 0.3) is 5.91 Å². The maximum atomic E-state index is 12.4. The summed E-state index contributed by atoms with van der Waals surface area (Å²) in [7, 11) is 1.61. The van der Waals surface area contributed by atoms with Gasteiger partial charge in [0.1, 0.15) is 5.75 Å². The van der Waals surface area contributed by atoms with Gasteiger partial charge in [-0.25, -0.2) is 0 Å². The van der Waals surface area contributed by atoms with Gasteiger partial charge in [-0.3, -0.25) is 4.79 Å². The highest BCUT2D eigenvalue weighted by molar-refractivity contribution is 5.94. The van der Waals surface area contributed by atoms with Crippen LogP contribution < -0.4 is 15.8 Å². The molecule has 4 nitrogen and oxygen atoms in total. The Labute approximate surface area is 120 Å². The number of rotatable bonds is 4. The molecule has 3 N–H and O–H groups in total. The Morgan fingerprint density at radius 1 is 1.35 bits per heavy atom. The molecule has 4 heteroatoms. The fourth-order valence-electron chi connectivity index (χ4n) is 2.75. The molecule has 0 bridgehead atoms. The molecule has 0 heterocycles. The van der Waals surface area contributed by atoms with E-state index in [9.17, 15) is 4.79 Å². The Hall–Kier alpha value is -1.55. The van der Waals surface area contributed by atoms with Crippen LogP contribution in [0.4, 0.5) is 0 Å². The van der Waals surface area contributed by atoms with Crippen LogP contribution in [0.25, 0.3) is 0 Å². The number of hydrogen-bond acceptors (Lipinski definition) is 3. The summed E-state index contributed by atoms with van der Waals surface area (Å²) < 4.78 is 5.10. The minimum Gasteiger partial charge on any atom is -0.497 e. The van der Waals surface area contributed by atoms with Gasteiger partial charge in [0.15, 0.2) is 0 Å². The van der Waals surface area contributed by atoms with Gasteiger partial charge < -0.3 is 15.8 Å². The highest BCUT2D eigenvalue weighted by atomic mass is 16.5. The third kappa shape index (κ3) is 3.31. The van der Waals surface area contributed by atoms with E-state index in [0.29, 0.717) is 12.1 Å². The zero-order valence-electron chi connectivity index (χ0n) is 12.3. The van der Waals surface area contributed by atoms with Gasteiger partial charge in [-0.05, 0) is 55.9 Å². The Kier molecular flexibility index (Phi) is 4.65. The molecule has 1 amide bonds. The molecule has 20 heavy (non-hydrogen) atoms. The molecule has 0 saturated heterocycles. The summed E-state index contributed by atoms with van der Waals surface area (Å²) in [5.74, 6) is 1.43. The van der Waals surface area contributed by atoms with Crippen molar-refractivity contribution >= 4 is 5.91 Å². The van der Waals surface area contributed by atoms with E-state index in [1.165, 1.54) is 0 Å². The van der Waals surface area contributed by atoms with Gasteiger partial charge >= 0.3 is 0 Å². The van der Waals surface area contributed by atoms with E-state index < -0.39 is 0 Å². The average Bonchev–Trinajstić information content (AvgIpc) is 2.50. The van der Waals surface area contributed by atoms with Crippen molar-refractivity contribution in [2.24, 2.45) is 11.7 Å². The predicted octanol–water partition coefficient (Wildman–Crippen LogP) is 2.33. The normalized spacial score (nSPS) is 26.1. The van der Waals surface area contributed by atoms with Crippen LogP contribution in [0.1, 0.15) is 43.0 Å². The number of amides is 1. The molecule has 1 aliphatic rings. The first kappa shape index (κ1) is 14.9. The fraction of sp³-hybridized carbons (Fsp3) is 0.562. The zero-order valence-corrected chi connectivity index (χ0v) is 12.3. The Balaban J connectivity index is 2.04. The minimum absolute atomic E-state index is 0.0485. The summed E-state index contributed by atoms with van der Waals surface area (Å²) in [6.45, 7) is 2.76. The summed E-state index contributed by atoms with van der Waals surface area (Å²) in [4.78, 5) is 12.4. The Morgan fingerprint density at radius 2 is 1.95 bits per heavy atom. The van der Waals surface area contributed by atoms with Crippen molar-refractivity contribution in [1.29, 1.82) is 0 Å².